The summed E-state index contributed by atoms with van der Waals surface area (Å²) in [6.07, 6.45) is 1.64. The van der Waals surface area contributed by atoms with Crippen LogP contribution in [0.1, 0.15) is 0 Å². The third-order valence-electron chi connectivity index (χ3n) is 1.63. The SMILES string of the molecule is [O-][te+]1nccc1-c1ccccc1. The van der Waals surface area contributed by atoms with E-state index in [9.17, 15) is 3.47 Å². The first kappa shape index (κ1) is 8.00. The molecule has 2 aromatic rings. The maximum absolute atomic E-state index is 11.4. The number of rotatable bonds is 1. The molecule has 0 radical (unpaired) electrons. The molecule has 0 fully saturated rings. The predicted molar refractivity (Wildman–Crippen MR) is 46.6 cm³/mol. The van der Waals surface area contributed by atoms with Gasteiger partial charge >= 0.3 is 78.2 Å². The van der Waals surface area contributed by atoms with E-state index in [1.807, 2.05) is 36.4 Å². The average Bonchev–Trinajstić information content (AvgIpc) is 2.53. The van der Waals surface area contributed by atoms with Gasteiger partial charge in [0, 0.05) is 0 Å². The third-order valence-corrected chi connectivity index (χ3v) is 4.66. The Bertz CT molecular complexity index is 369. The summed E-state index contributed by atoms with van der Waals surface area (Å²) in [5.74, 6) is 0. The van der Waals surface area contributed by atoms with Gasteiger partial charge in [-0.3, -0.25) is 0 Å². The van der Waals surface area contributed by atoms with Crippen molar-refractivity contribution in [1.29, 1.82) is 0 Å². The first-order valence-electron chi connectivity index (χ1n) is 3.59. The number of nitrogens with zero attached hydrogens (tertiary/aromatic N) is 1. The Morgan fingerprint density at radius 2 is 1.83 bits per heavy atom. The van der Waals surface area contributed by atoms with Gasteiger partial charge in [-0.1, -0.05) is 0 Å². The van der Waals surface area contributed by atoms with Gasteiger partial charge in [0.15, 0.2) is 0 Å². The van der Waals surface area contributed by atoms with Crippen LogP contribution in [-0.2, 0) is 0 Å². The van der Waals surface area contributed by atoms with Crippen molar-refractivity contribution in [2.75, 3.05) is 0 Å². The number of benzene rings is 1. The van der Waals surface area contributed by atoms with Gasteiger partial charge < -0.3 is 0 Å². The molecule has 1 aromatic heterocycles. The quantitative estimate of drug-likeness (QED) is 0.714. The molecule has 0 N–H and O–H groups in total. The average molecular weight is 273 g/mol. The van der Waals surface area contributed by atoms with Crippen LogP contribution in [0.5, 0.6) is 0 Å². The predicted octanol–water partition coefficient (Wildman–Crippen LogP) is 0.617. The minimum absolute atomic E-state index is 0.930. The molecule has 2 nitrogen and oxygen atoms in total. The molecule has 0 aliphatic rings. The fourth-order valence-electron chi connectivity index (χ4n) is 1.07. The molecule has 1 heterocycles. The Balaban J connectivity index is 2.51. The standard InChI is InChI=1S/C9H7NOTe/c11-12-9(6-7-10-12)8-4-2-1-3-5-8/h1-7H. The molecule has 0 amide bonds. The van der Waals surface area contributed by atoms with Crippen LogP contribution in [0.4, 0.5) is 0 Å². The molecule has 0 saturated heterocycles. The summed E-state index contributed by atoms with van der Waals surface area (Å²) in [7, 11) is 0. The number of hydrogen-bond acceptors (Lipinski definition) is 2. The molecule has 60 valence electrons. The van der Waals surface area contributed by atoms with E-state index in [-0.39, 0.29) is 0 Å². The van der Waals surface area contributed by atoms with Crippen molar-refractivity contribution >= 4 is 19.8 Å². The van der Waals surface area contributed by atoms with Gasteiger partial charge in [0.2, 0.25) is 0 Å². The Kier molecular flexibility index (Phi) is 2.27. The Morgan fingerprint density at radius 1 is 1.08 bits per heavy atom. The summed E-state index contributed by atoms with van der Waals surface area (Å²) in [5.41, 5.74) is 1.04. The van der Waals surface area contributed by atoms with Gasteiger partial charge in [-0.2, -0.15) is 0 Å². The maximum atomic E-state index is 11.4. The number of aromatic nitrogens is 1. The van der Waals surface area contributed by atoms with E-state index in [1.165, 1.54) is 0 Å². The Labute approximate surface area is 78.2 Å². The fourth-order valence-corrected chi connectivity index (χ4v) is 3.35. The summed E-state index contributed by atoms with van der Waals surface area (Å²) in [4.78, 5) is 0. The molecule has 0 aliphatic carbocycles. The third kappa shape index (κ3) is 1.44. The monoisotopic (exact) mass is 275 g/mol. The zero-order valence-electron chi connectivity index (χ0n) is 6.31. The summed E-state index contributed by atoms with van der Waals surface area (Å²) in [6, 6.07) is 11.6. The van der Waals surface area contributed by atoms with Gasteiger partial charge in [0.05, 0.1) is 0 Å². The van der Waals surface area contributed by atoms with Gasteiger partial charge in [-0.15, -0.1) is 0 Å². The van der Waals surface area contributed by atoms with Crippen molar-refractivity contribution in [2.45, 2.75) is 0 Å². The van der Waals surface area contributed by atoms with E-state index in [0.717, 1.165) is 9.14 Å². The van der Waals surface area contributed by atoms with E-state index < -0.39 is 19.8 Å². The Morgan fingerprint density at radius 3 is 2.42 bits per heavy atom. The molecule has 0 bridgehead atoms. The van der Waals surface area contributed by atoms with Gasteiger partial charge in [-0.25, -0.2) is 0 Å². The van der Waals surface area contributed by atoms with Crippen molar-refractivity contribution in [2.24, 2.45) is 0 Å². The van der Waals surface area contributed by atoms with Crippen LogP contribution in [0, 0.1) is 0 Å². The summed E-state index contributed by atoms with van der Waals surface area (Å²) in [6.45, 7) is 0. The van der Waals surface area contributed by atoms with Gasteiger partial charge in [0.1, 0.15) is 0 Å². The molecule has 0 unspecified atom stereocenters. The van der Waals surface area contributed by atoms with Crippen molar-refractivity contribution in [3.63, 3.8) is 0 Å². The van der Waals surface area contributed by atoms with Crippen LogP contribution >= 0.6 is 0 Å². The Hall–Kier alpha value is -0.620. The van der Waals surface area contributed by atoms with Crippen LogP contribution in [-0.4, -0.2) is 23.0 Å². The minimum atomic E-state index is -2.50. The van der Waals surface area contributed by atoms with E-state index >= 15 is 0 Å². The topological polar surface area (TPSA) is 36.0 Å². The zero-order chi connectivity index (χ0) is 8.39. The van der Waals surface area contributed by atoms with E-state index in [0.29, 0.717) is 0 Å². The van der Waals surface area contributed by atoms with Crippen molar-refractivity contribution in [3.05, 3.63) is 42.6 Å². The summed E-state index contributed by atoms with van der Waals surface area (Å²) < 4.78 is 16.2. The van der Waals surface area contributed by atoms with E-state index in [1.54, 1.807) is 6.20 Å². The van der Waals surface area contributed by atoms with Crippen molar-refractivity contribution in [3.8, 4) is 9.14 Å². The van der Waals surface area contributed by atoms with Crippen molar-refractivity contribution in [1.82, 2.24) is 3.21 Å². The molecule has 0 saturated carbocycles. The van der Waals surface area contributed by atoms with Crippen LogP contribution in [0.25, 0.3) is 9.14 Å². The van der Waals surface area contributed by atoms with Gasteiger partial charge in [-0.05, 0) is 0 Å². The number of hydrogen-bond donors (Lipinski definition) is 0. The van der Waals surface area contributed by atoms with Crippen LogP contribution in [0.2, 0.25) is 0 Å². The molecule has 0 aliphatic heterocycles. The first-order chi connectivity index (χ1) is 5.88. The normalized spacial score (nSPS) is 10.1. The van der Waals surface area contributed by atoms with Crippen LogP contribution < -0.4 is 3.47 Å². The second-order valence-corrected chi connectivity index (χ2v) is 5.68. The summed E-state index contributed by atoms with van der Waals surface area (Å²) in [5, 5.41) is 0. The molecule has 0 spiro atoms. The molecule has 2 rings (SSSR count). The van der Waals surface area contributed by atoms with Gasteiger partial charge in [0.25, 0.3) is 0 Å². The fraction of sp³-hybridized carbons (Fsp3) is 0. The van der Waals surface area contributed by atoms with Crippen LogP contribution in [0.3, 0.4) is 0 Å². The van der Waals surface area contributed by atoms with E-state index in [2.05, 4.69) is 3.21 Å². The second kappa shape index (κ2) is 3.40. The molecule has 1 aromatic carbocycles. The summed E-state index contributed by atoms with van der Waals surface area (Å²) >= 11 is -2.50. The molecule has 3 heteroatoms. The molecular weight excluding hydrogens is 266 g/mol. The molecule has 0 atom stereocenters. The van der Waals surface area contributed by atoms with E-state index in [4.69, 9.17) is 0 Å². The molecular formula is C9H7NOTe. The molecule has 12 heavy (non-hydrogen) atoms. The second-order valence-electron chi connectivity index (χ2n) is 2.40. The van der Waals surface area contributed by atoms with Crippen molar-refractivity contribution < 1.29 is 3.47 Å². The zero-order valence-corrected chi connectivity index (χ0v) is 8.64. The first-order valence-corrected chi connectivity index (χ1v) is 6.75. The van der Waals surface area contributed by atoms with Crippen LogP contribution in [0.15, 0.2) is 42.6 Å².